The number of ether oxygens (including phenoxy) is 1. The number of rotatable bonds is 9. The van der Waals surface area contributed by atoms with Crippen LogP contribution in [0.2, 0.25) is 5.02 Å². The topological polar surface area (TPSA) is 62.2 Å². The summed E-state index contributed by atoms with van der Waals surface area (Å²) in [5.41, 5.74) is -0.140. The van der Waals surface area contributed by atoms with Crippen molar-refractivity contribution in [3.63, 3.8) is 0 Å². The molecule has 1 aliphatic rings. The van der Waals surface area contributed by atoms with E-state index in [4.69, 9.17) is 16.3 Å². The van der Waals surface area contributed by atoms with E-state index in [1.807, 2.05) is 18.4 Å². The van der Waals surface area contributed by atoms with Gasteiger partial charge in [-0.2, -0.15) is 30.0 Å². The molecule has 1 heterocycles. The third-order valence-corrected chi connectivity index (χ3v) is 6.83. The Bertz CT molecular complexity index is 1110. The van der Waals surface area contributed by atoms with Crippen molar-refractivity contribution < 1.29 is 27.5 Å². The molecule has 0 saturated heterocycles. The molecule has 6 nitrogen and oxygen atoms in total. The van der Waals surface area contributed by atoms with Crippen molar-refractivity contribution in [3.8, 4) is 0 Å². The van der Waals surface area contributed by atoms with Crippen LogP contribution in [0.3, 0.4) is 0 Å². The van der Waals surface area contributed by atoms with Gasteiger partial charge in [0, 0.05) is 24.6 Å². The molecule has 2 amide bonds. The van der Waals surface area contributed by atoms with Crippen LogP contribution in [0.25, 0.3) is 0 Å². The van der Waals surface area contributed by atoms with Crippen molar-refractivity contribution in [2.75, 3.05) is 37.1 Å². The predicted octanol–water partition coefficient (Wildman–Crippen LogP) is 5.49. The van der Waals surface area contributed by atoms with Gasteiger partial charge in [-0.25, -0.2) is 4.90 Å². The molecule has 0 radical (unpaired) electrons. The van der Waals surface area contributed by atoms with Gasteiger partial charge in [-0.05, 0) is 61.2 Å². The van der Waals surface area contributed by atoms with Crippen LogP contribution in [0.15, 0.2) is 53.6 Å². The minimum Gasteiger partial charge on any atom is -0.370 e. The van der Waals surface area contributed by atoms with E-state index >= 15 is 0 Å². The van der Waals surface area contributed by atoms with Crippen molar-refractivity contribution in [2.24, 2.45) is 5.10 Å². The molecule has 194 valence electrons. The molecule has 1 aliphatic heterocycles. The van der Waals surface area contributed by atoms with Crippen molar-refractivity contribution in [1.29, 1.82) is 0 Å². The molecular formula is C25H27ClF3N3O3S. The first kappa shape index (κ1) is 28.0. The lowest BCUT2D eigenvalue weighted by Crippen LogP contribution is -2.46. The number of carbonyl (C=O) groups is 2. The second-order valence-corrected chi connectivity index (χ2v) is 9.79. The van der Waals surface area contributed by atoms with Crippen LogP contribution in [0.4, 0.5) is 18.9 Å². The van der Waals surface area contributed by atoms with E-state index in [1.165, 1.54) is 11.9 Å². The number of carbonyl (C=O) groups excluding carboxylic acids is 2. The lowest BCUT2D eigenvalue weighted by Gasteiger charge is -2.30. The molecule has 1 unspecified atom stereocenters. The first-order chi connectivity index (χ1) is 17.0. The largest absolute Gasteiger partial charge is 0.416 e. The number of imide groups is 1. The maximum atomic E-state index is 13.2. The van der Waals surface area contributed by atoms with Gasteiger partial charge in [-0.15, -0.1) is 0 Å². The van der Waals surface area contributed by atoms with Crippen LogP contribution in [0.1, 0.15) is 30.9 Å². The predicted molar refractivity (Wildman–Crippen MR) is 137 cm³/mol. The summed E-state index contributed by atoms with van der Waals surface area (Å²) in [7, 11) is 1.60. The fourth-order valence-corrected chi connectivity index (χ4v) is 4.71. The standard InChI is InChI=1S/C25H27ClF3N3O3S/c1-17(33)32(21-11-7-19(8-12-21)25(27,28)29)22(34)15-31-16-24(35-2,13-4-14-36-3)23(30-31)18-5-9-20(26)10-6-18/h5-12H,4,13-16H2,1-3H3. The zero-order chi connectivity index (χ0) is 26.5. The zero-order valence-corrected chi connectivity index (χ0v) is 21.7. The maximum absolute atomic E-state index is 13.2. The molecule has 0 aliphatic carbocycles. The fourth-order valence-electron chi connectivity index (χ4n) is 4.15. The molecule has 0 saturated carbocycles. The molecule has 0 N–H and O–H groups in total. The van der Waals surface area contributed by atoms with Gasteiger partial charge in [-0.3, -0.25) is 14.6 Å². The number of benzene rings is 2. The second-order valence-electron chi connectivity index (χ2n) is 8.37. The summed E-state index contributed by atoms with van der Waals surface area (Å²) in [6.45, 7) is 1.20. The van der Waals surface area contributed by atoms with Gasteiger partial charge in [-0.1, -0.05) is 23.7 Å². The number of halogens is 4. The maximum Gasteiger partial charge on any atom is 0.416 e. The van der Waals surface area contributed by atoms with Crippen molar-refractivity contribution in [1.82, 2.24) is 5.01 Å². The van der Waals surface area contributed by atoms with E-state index in [9.17, 15) is 22.8 Å². The summed E-state index contributed by atoms with van der Waals surface area (Å²) in [6.07, 6.45) is -0.989. The molecule has 11 heteroatoms. The van der Waals surface area contributed by atoms with E-state index in [1.54, 1.807) is 31.0 Å². The van der Waals surface area contributed by atoms with Crippen LogP contribution in [-0.4, -0.2) is 60.3 Å². The highest BCUT2D eigenvalue weighted by molar-refractivity contribution is 7.98. The van der Waals surface area contributed by atoms with E-state index in [2.05, 4.69) is 5.10 Å². The molecule has 2 aromatic carbocycles. The minimum absolute atomic E-state index is 0.0552. The van der Waals surface area contributed by atoms with Gasteiger partial charge in [0.15, 0.2) is 0 Å². The summed E-state index contributed by atoms with van der Waals surface area (Å²) in [6, 6.07) is 11.1. The highest BCUT2D eigenvalue weighted by Gasteiger charge is 2.44. The zero-order valence-electron chi connectivity index (χ0n) is 20.1. The quantitative estimate of drug-likeness (QED) is 0.393. The molecule has 0 bridgehead atoms. The van der Waals surface area contributed by atoms with E-state index < -0.39 is 29.2 Å². The van der Waals surface area contributed by atoms with Crippen LogP contribution in [0.5, 0.6) is 0 Å². The number of alkyl halides is 3. The van der Waals surface area contributed by atoms with Crippen molar-refractivity contribution in [3.05, 3.63) is 64.7 Å². The third kappa shape index (κ3) is 6.41. The molecule has 0 spiro atoms. The van der Waals surface area contributed by atoms with Gasteiger partial charge in [0.05, 0.1) is 17.8 Å². The number of amides is 2. The Balaban J connectivity index is 1.88. The Labute approximate surface area is 217 Å². The average Bonchev–Trinajstić information content (AvgIpc) is 3.17. The number of hydrogen-bond acceptors (Lipinski definition) is 6. The normalized spacial score (nSPS) is 17.8. The monoisotopic (exact) mass is 541 g/mol. The minimum atomic E-state index is -4.52. The van der Waals surface area contributed by atoms with E-state index in [0.717, 1.165) is 46.9 Å². The molecule has 0 fully saturated rings. The number of hydrazone groups is 1. The van der Waals surface area contributed by atoms with Gasteiger partial charge in [0.2, 0.25) is 5.91 Å². The number of nitrogens with zero attached hydrogens (tertiary/aromatic N) is 3. The molecule has 2 aromatic rings. The van der Waals surface area contributed by atoms with Crippen LogP contribution in [-0.2, 0) is 20.5 Å². The van der Waals surface area contributed by atoms with Gasteiger partial charge in [0.1, 0.15) is 17.9 Å². The Morgan fingerprint density at radius 2 is 1.81 bits per heavy atom. The Morgan fingerprint density at radius 3 is 2.33 bits per heavy atom. The SMILES string of the molecule is COC1(CCCSC)CN(CC(=O)N(C(C)=O)c2ccc(C(F)(F)F)cc2)N=C1c1ccc(Cl)cc1. The fraction of sp³-hybridized carbons (Fsp3) is 0.400. The highest BCUT2D eigenvalue weighted by Crippen LogP contribution is 2.33. The summed E-state index contributed by atoms with van der Waals surface area (Å²) in [5.74, 6) is -0.305. The summed E-state index contributed by atoms with van der Waals surface area (Å²) < 4.78 is 44.8. The van der Waals surface area contributed by atoms with Crippen molar-refractivity contribution in [2.45, 2.75) is 31.5 Å². The lowest BCUT2D eigenvalue weighted by atomic mass is 9.88. The Morgan fingerprint density at radius 1 is 1.17 bits per heavy atom. The second kappa shape index (κ2) is 11.7. The van der Waals surface area contributed by atoms with Gasteiger partial charge < -0.3 is 4.74 Å². The van der Waals surface area contributed by atoms with Gasteiger partial charge >= 0.3 is 6.18 Å². The Kier molecular flexibility index (Phi) is 9.08. The number of anilines is 1. The smallest absolute Gasteiger partial charge is 0.370 e. The molecule has 36 heavy (non-hydrogen) atoms. The summed E-state index contributed by atoms with van der Waals surface area (Å²) >= 11 is 7.77. The highest BCUT2D eigenvalue weighted by atomic mass is 35.5. The number of methoxy groups -OCH3 is 1. The number of thioether (sulfide) groups is 1. The molecular weight excluding hydrogens is 515 g/mol. The first-order valence-electron chi connectivity index (χ1n) is 11.2. The van der Waals surface area contributed by atoms with E-state index in [0.29, 0.717) is 17.2 Å². The van der Waals surface area contributed by atoms with Gasteiger partial charge in [0.25, 0.3) is 5.91 Å². The summed E-state index contributed by atoms with van der Waals surface area (Å²) in [4.78, 5) is 26.3. The van der Waals surface area contributed by atoms with Crippen LogP contribution < -0.4 is 4.90 Å². The lowest BCUT2D eigenvalue weighted by molar-refractivity contribution is -0.137. The summed E-state index contributed by atoms with van der Waals surface area (Å²) in [5, 5.41) is 6.79. The number of hydrogen-bond donors (Lipinski definition) is 0. The average molecular weight is 542 g/mol. The van der Waals surface area contributed by atoms with Crippen molar-refractivity contribution >= 4 is 46.6 Å². The van der Waals surface area contributed by atoms with Crippen LogP contribution in [0, 0.1) is 0 Å². The third-order valence-electron chi connectivity index (χ3n) is 5.88. The Hall–Kier alpha value is -2.56. The molecule has 1 atom stereocenters. The molecule has 3 rings (SSSR count). The molecule has 0 aromatic heterocycles. The van der Waals surface area contributed by atoms with E-state index in [-0.39, 0.29) is 18.8 Å². The van der Waals surface area contributed by atoms with Crippen LogP contribution >= 0.6 is 23.4 Å². The first-order valence-corrected chi connectivity index (χ1v) is 12.9.